The van der Waals surface area contributed by atoms with Gasteiger partial charge in [-0.2, -0.15) is 5.26 Å². The molecular formula is C21H24ClN5O2. The van der Waals surface area contributed by atoms with Gasteiger partial charge in [0.2, 0.25) is 6.41 Å². The fraction of sp³-hybridized carbons (Fsp3) is 0.381. The highest BCUT2D eigenvalue weighted by molar-refractivity contribution is 6.31. The lowest BCUT2D eigenvalue weighted by molar-refractivity contribution is -0.107. The van der Waals surface area contributed by atoms with E-state index in [1.807, 2.05) is 44.1 Å². The Balaban J connectivity index is 1.94. The number of rotatable bonds is 7. The average Bonchev–Trinajstić information content (AvgIpc) is 3.10. The van der Waals surface area contributed by atoms with E-state index in [-0.39, 0.29) is 22.7 Å². The second kappa shape index (κ2) is 9.12. The number of aromatic nitrogens is 1. The van der Waals surface area contributed by atoms with Crippen LogP contribution in [0.1, 0.15) is 18.9 Å². The Morgan fingerprint density at radius 1 is 1.38 bits per heavy atom. The van der Waals surface area contributed by atoms with Gasteiger partial charge >= 0.3 is 0 Å². The third-order valence-electron chi connectivity index (χ3n) is 5.15. The van der Waals surface area contributed by atoms with Gasteiger partial charge < -0.3 is 19.9 Å². The summed E-state index contributed by atoms with van der Waals surface area (Å²) in [7, 11) is 3.87. The molecule has 2 atom stereocenters. The summed E-state index contributed by atoms with van der Waals surface area (Å²) in [6.45, 7) is 3.35. The number of hydrogen-bond donors (Lipinski definition) is 1. The second-order valence-electron chi connectivity index (χ2n) is 7.24. The summed E-state index contributed by atoms with van der Waals surface area (Å²) in [6, 6.07) is 9.51. The van der Waals surface area contributed by atoms with Crippen LogP contribution in [0.4, 0.5) is 22.7 Å². The third kappa shape index (κ3) is 4.61. The molecule has 1 aliphatic rings. The summed E-state index contributed by atoms with van der Waals surface area (Å²) in [6.07, 6.45) is 3.46. The Kier molecular flexibility index (Phi) is 6.57. The maximum Gasteiger partial charge on any atom is 0.214 e. The van der Waals surface area contributed by atoms with Crippen molar-refractivity contribution in [2.24, 2.45) is 5.92 Å². The lowest BCUT2D eigenvalue weighted by atomic mass is 10.0. The Morgan fingerprint density at radius 3 is 2.79 bits per heavy atom. The number of halogens is 1. The molecule has 1 aliphatic heterocycles. The van der Waals surface area contributed by atoms with Gasteiger partial charge in [-0.25, -0.2) is 4.98 Å². The molecule has 3 rings (SSSR count). The van der Waals surface area contributed by atoms with Crippen molar-refractivity contribution >= 4 is 40.8 Å². The topological polar surface area (TPSA) is 81.5 Å². The Bertz CT molecular complexity index is 928. The van der Waals surface area contributed by atoms with Gasteiger partial charge in [-0.3, -0.25) is 4.79 Å². The molecule has 0 radical (unpaired) electrons. The van der Waals surface area contributed by atoms with Crippen molar-refractivity contribution in [2.75, 3.05) is 42.4 Å². The molecule has 0 bridgehead atoms. The van der Waals surface area contributed by atoms with Crippen LogP contribution in [0.15, 0.2) is 30.5 Å². The molecule has 1 N–H and O–H groups in total. The summed E-state index contributed by atoms with van der Waals surface area (Å²) >= 11 is 6.03. The lowest BCUT2D eigenvalue weighted by Gasteiger charge is -2.28. The molecule has 1 aromatic heterocycles. The number of hydrogen-bond acceptors (Lipinski definition) is 6. The summed E-state index contributed by atoms with van der Waals surface area (Å²) in [5.41, 5.74) is 3.28. The number of nitriles is 1. The van der Waals surface area contributed by atoms with Gasteiger partial charge in [0, 0.05) is 45.0 Å². The molecule has 1 amide bonds. The number of carbonyl (C=O) groups excluding carboxylic acids is 1. The first-order valence-electron chi connectivity index (χ1n) is 9.41. The lowest BCUT2D eigenvalue weighted by Crippen LogP contribution is -2.32. The molecule has 2 heterocycles. The number of ether oxygens (including phenoxy) is 1. The molecule has 0 aliphatic carbocycles. The predicted octanol–water partition coefficient (Wildman–Crippen LogP) is 3.80. The minimum absolute atomic E-state index is 0.124. The molecule has 2 aromatic rings. The molecule has 1 saturated heterocycles. The largest absolute Gasteiger partial charge is 0.378 e. The fourth-order valence-corrected chi connectivity index (χ4v) is 3.68. The zero-order chi connectivity index (χ0) is 21.0. The summed E-state index contributed by atoms with van der Waals surface area (Å²) in [5, 5.41) is 12.7. The highest BCUT2D eigenvalue weighted by Gasteiger charge is 2.27. The fourth-order valence-electron chi connectivity index (χ4n) is 3.48. The molecule has 0 saturated carbocycles. The highest BCUT2D eigenvalue weighted by Crippen LogP contribution is 2.34. The van der Waals surface area contributed by atoms with Crippen molar-refractivity contribution < 1.29 is 9.53 Å². The maximum absolute atomic E-state index is 12.0. The summed E-state index contributed by atoms with van der Waals surface area (Å²) in [5.74, 6) is 0.288. The molecule has 2 unspecified atom stereocenters. The van der Waals surface area contributed by atoms with Gasteiger partial charge in [0.15, 0.2) is 0 Å². The second-order valence-corrected chi connectivity index (χ2v) is 7.60. The number of anilines is 4. The van der Waals surface area contributed by atoms with Crippen molar-refractivity contribution in [1.29, 1.82) is 5.26 Å². The first-order valence-corrected chi connectivity index (χ1v) is 9.79. The number of nitrogens with zero attached hydrogens (tertiary/aromatic N) is 4. The van der Waals surface area contributed by atoms with Crippen molar-refractivity contribution in [1.82, 2.24) is 4.98 Å². The quantitative estimate of drug-likeness (QED) is 0.549. The van der Waals surface area contributed by atoms with Gasteiger partial charge in [0.25, 0.3) is 0 Å². The maximum atomic E-state index is 12.0. The van der Waals surface area contributed by atoms with Gasteiger partial charge in [0.05, 0.1) is 23.2 Å². The molecule has 1 fully saturated rings. The zero-order valence-electron chi connectivity index (χ0n) is 16.7. The van der Waals surface area contributed by atoms with E-state index in [9.17, 15) is 10.1 Å². The first kappa shape index (κ1) is 20.9. The number of amides is 1. The number of pyridine rings is 1. The SMILES string of the molecule is CC1OCCC1CN(C=O)c1cc(Nc2ccnc(Cl)c2C#N)ccc1N(C)C. The summed E-state index contributed by atoms with van der Waals surface area (Å²) < 4.78 is 5.65. The standard InChI is InChI=1S/C21H24ClN5O2/c1-14-15(7-9-29-14)12-27(13-28)20-10-16(4-5-19(20)26(2)3)25-18-6-8-24-21(22)17(18)11-23/h4-6,8,10,13-15H,7,9,12H2,1-3H3,(H,24,25). The van der Waals surface area contributed by atoms with Crippen LogP contribution in [-0.2, 0) is 9.53 Å². The first-order chi connectivity index (χ1) is 13.9. The van der Waals surface area contributed by atoms with Gasteiger partial charge in [-0.05, 0) is 37.6 Å². The van der Waals surface area contributed by atoms with E-state index in [1.165, 1.54) is 0 Å². The summed E-state index contributed by atoms with van der Waals surface area (Å²) in [4.78, 5) is 19.6. The van der Waals surface area contributed by atoms with Crippen LogP contribution in [0.25, 0.3) is 0 Å². The Labute approximate surface area is 175 Å². The van der Waals surface area contributed by atoms with Crippen LogP contribution in [0.3, 0.4) is 0 Å². The molecule has 7 nitrogen and oxygen atoms in total. The van der Waals surface area contributed by atoms with E-state index in [0.717, 1.165) is 36.5 Å². The molecular weight excluding hydrogens is 390 g/mol. The average molecular weight is 414 g/mol. The normalized spacial score (nSPS) is 18.2. The number of benzene rings is 1. The van der Waals surface area contributed by atoms with Crippen molar-refractivity contribution in [3.8, 4) is 6.07 Å². The monoisotopic (exact) mass is 413 g/mol. The van der Waals surface area contributed by atoms with Crippen molar-refractivity contribution in [3.63, 3.8) is 0 Å². The molecule has 152 valence electrons. The van der Waals surface area contributed by atoms with Crippen molar-refractivity contribution in [2.45, 2.75) is 19.4 Å². The molecule has 1 aromatic carbocycles. The minimum Gasteiger partial charge on any atom is -0.378 e. The van der Waals surface area contributed by atoms with Gasteiger partial charge in [-0.1, -0.05) is 11.6 Å². The van der Waals surface area contributed by atoms with E-state index in [4.69, 9.17) is 16.3 Å². The van der Waals surface area contributed by atoms with Crippen LogP contribution in [-0.4, -0.2) is 44.7 Å². The van der Waals surface area contributed by atoms with Crippen LogP contribution in [0, 0.1) is 17.2 Å². The van der Waals surface area contributed by atoms with Crippen molar-refractivity contribution in [3.05, 3.63) is 41.2 Å². The molecule has 29 heavy (non-hydrogen) atoms. The van der Waals surface area contributed by atoms with Crippen LogP contribution < -0.4 is 15.1 Å². The number of carbonyl (C=O) groups is 1. The van der Waals surface area contributed by atoms with Gasteiger partial charge in [0.1, 0.15) is 16.8 Å². The van der Waals surface area contributed by atoms with E-state index in [0.29, 0.717) is 12.2 Å². The van der Waals surface area contributed by atoms with Crippen LogP contribution >= 0.6 is 11.6 Å². The van der Waals surface area contributed by atoms with E-state index < -0.39 is 0 Å². The molecule has 8 heteroatoms. The van der Waals surface area contributed by atoms with Crippen LogP contribution in [0.2, 0.25) is 5.15 Å². The smallest absolute Gasteiger partial charge is 0.214 e. The molecule has 0 spiro atoms. The van der Waals surface area contributed by atoms with Gasteiger partial charge in [-0.15, -0.1) is 0 Å². The predicted molar refractivity (Wildman–Crippen MR) is 115 cm³/mol. The van der Waals surface area contributed by atoms with Crippen LogP contribution in [0.5, 0.6) is 0 Å². The Hall–Kier alpha value is -2.82. The minimum atomic E-state index is 0.124. The number of nitrogens with one attached hydrogen (secondary N) is 1. The van der Waals surface area contributed by atoms with E-state index >= 15 is 0 Å². The zero-order valence-corrected chi connectivity index (χ0v) is 17.5. The third-order valence-corrected chi connectivity index (χ3v) is 5.44. The van der Waals surface area contributed by atoms with E-state index in [2.05, 4.69) is 16.4 Å². The Morgan fingerprint density at radius 2 is 2.17 bits per heavy atom. The van der Waals surface area contributed by atoms with E-state index in [1.54, 1.807) is 17.2 Å². The highest BCUT2D eigenvalue weighted by atomic mass is 35.5.